The van der Waals surface area contributed by atoms with Crippen LogP contribution in [0.3, 0.4) is 0 Å². The van der Waals surface area contributed by atoms with Crippen LogP contribution in [0.15, 0.2) is 30.3 Å². The fraction of sp³-hybridized carbons (Fsp3) is 0.312. The minimum atomic E-state index is -0.861. The van der Waals surface area contributed by atoms with Gasteiger partial charge in [-0.15, -0.1) is 0 Å². The third kappa shape index (κ3) is 3.03. The summed E-state index contributed by atoms with van der Waals surface area (Å²) in [5, 5.41) is 20.1. The summed E-state index contributed by atoms with van der Waals surface area (Å²) in [6, 6.07) is 7.16. The van der Waals surface area contributed by atoms with Gasteiger partial charge in [0, 0.05) is 36.0 Å². The van der Waals surface area contributed by atoms with Gasteiger partial charge >= 0.3 is 5.97 Å². The number of benzene rings is 1. The number of aromatic nitrogens is 2. The number of nitrogens with zero attached hydrogens (tertiary/aromatic N) is 4. The minimum Gasteiger partial charge on any atom is -0.480 e. The molecule has 1 N–H and O–H groups in total. The van der Waals surface area contributed by atoms with Gasteiger partial charge in [-0.1, -0.05) is 0 Å². The quantitative estimate of drug-likeness (QED) is 0.678. The van der Waals surface area contributed by atoms with Crippen LogP contribution in [0.4, 0.5) is 11.5 Å². The molecule has 1 aliphatic heterocycles. The topological polar surface area (TPSA) is 109 Å². The monoisotopic (exact) mass is 328 g/mol. The molecule has 3 rings (SSSR count). The Morgan fingerprint density at radius 3 is 2.67 bits per heavy atom. The first-order valence-electron chi connectivity index (χ1n) is 7.55. The number of rotatable bonds is 4. The average Bonchev–Trinajstić information content (AvgIpc) is 3.04. The second-order valence-corrected chi connectivity index (χ2v) is 5.68. The minimum absolute atomic E-state index is 0.00268. The Balaban J connectivity index is 1.97. The number of hydrogen-bond acceptors (Lipinski definition) is 6. The van der Waals surface area contributed by atoms with Gasteiger partial charge in [0.2, 0.25) is 0 Å². The van der Waals surface area contributed by atoms with Crippen molar-refractivity contribution in [3.8, 4) is 11.4 Å². The molecule has 0 bridgehead atoms. The van der Waals surface area contributed by atoms with Crippen molar-refractivity contribution in [2.24, 2.45) is 0 Å². The number of nitro benzene ring substituents is 1. The van der Waals surface area contributed by atoms with E-state index >= 15 is 0 Å². The number of hydrogen-bond donors (Lipinski definition) is 1. The fourth-order valence-corrected chi connectivity index (χ4v) is 2.86. The zero-order valence-electron chi connectivity index (χ0n) is 13.0. The Labute approximate surface area is 137 Å². The molecule has 0 aliphatic carbocycles. The molecule has 8 nitrogen and oxygen atoms in total. The summed E-state index contributed by atoms with van der Waals surface area (Å²) < 4.78 is 0. The molecular formula is C16H16N4O4. The van der Waals surface area contributed by atoms with E-state index in [1.54, 1.807) is 23.1 Å². The number of carboxylic acids is 1. The Bertz CT molecular complexity index is 791. The van der Waals surface area contributed by atoms with E-state index in [-0.39, 0.29) is 5.69 Å². The number of carbonyl (C=O) groups is 1. The van der Waals surface area contributed by atoms with Gasteiger partial charge in [0.1, 0.15) is 11.9 Å². The lowest BCUT2D eigenvalue weighted by Gasteiger charge is -2.23. The number of aryl methyl sites for hydroxylation is 1. The van der Waals surface area contributed by atoms with Crippen molar-refractivity contribution in [3.63, 3.8) is 0 Å². The van der Waals surface area contributed by atoms with Crippen molar-refractivity contribution in [3.05, 3.63) is 46.1 Å². The van der Waals surface area contributed by atoms with Crippen molar-refractivity contribution in [2.45, 2.75) is 25.8 Å². The number of anilines is 1. The first kappa shape index (κ1) is 15.9. The van der Waals surface area contributed by atoms with Crippen LogP contribution in [-0.4, -0.2) is 38.6 Å². The molecule has 0 unspecified atom stereocenters. The van der Waals surface area contributed by atoms with Crippen molar-refractivity contribution >= 4 is 17.5 Å². The average molecular weight is 328 g/mol. The second-order valence-electron chi connectivity index (χ2n) is 5.68. The Morgan fingerprint density at radius 2 is 2.04 bits per heavy atom. The van der Waals surface area contributed by atoms with Crippen LogP contribution in [-0.2, 0) is 4.79 Å². The highest BCUT2D eigenvalue weighted by Crippen LogP contribution is 2.27. The van der Waals surface area contributed by atoms with Crippen LogP contribution < -0.4 is 4.90 Å². The number of nitro groups is 1. The van der Waals surface area contributed by atoms with Gasteiger partial charge in [0.05, 0.1) is 4.92 Å². The van der Waals surface area contributed by atoms with Crippen molar-refractivity contribution in [1.82, 2.24) is 9.97 Å². The molecular weight excluding hydrogens is 312 g/mol. The SMILES string of the molecule is Cc1cc(N2CCC[C@H]2C(=O)O)nc(-c2ccc([N+](=O)[O-])cc2)n1. The van der Waals surface area contributed by atoms with Gasteiger partial charge in [0.25, 0.3) is 5.69 Å². The molecule has 1 aliphatic rings. The van der Waals surface area contributed by atoms with Crippen LogP contribution in [0, 0.1) is 17.0 Å². The van der Waals surface area contributed by atoms with E-state index < -0.39 is 16.9 Å². The highest BCUT2D eigenvalue weighted by molar-refractivity contribution is 5.78. The lowest BCUT2D eigenvalue weighted by atomic mass is 10.2. The maximum Gasteiger partial charge on any atom is 0.326 e. The van der Waals surface area contributed by atoms with Crippen molar-refractivity contribution in [1.29, 1.82) is 0 Å². The molecule has 1 atom stereocenters. The lowest BCUT2D eigenvalue weighted by molar-refractivity contribution is -0.384. The normalized spacial score (nSPS) is 17.0. The third-order valence-corrected chi connectivity index (χ3v) is 4.01. The van der Waals surface area contributed by atoms with Crippen molar-refractivity contribution in [2.75, 3.05) is 11.4 Å². The first-order chi connectivity index (χ1) is 11.5. The summed E-state index contributed by atoms with van der Waals surface area (Å²) in [6.45, 7) is 2.44. The van der Waals surface area contributed by atoms with Crippen LogP contribution >= 0.6 is 0 Å². The summed E-state index contributed by atoms with van der Waals surface area (Å²) in [7, 11) is 0. The van der Waals surface area contributed by atoms with Gasteiger partial charge < -0.3 is 10.0 Å². The highest BCUT2D eigenvalue weighted by atomic mass is 16.6. The summed E-state index contributed by atoms with van der Waals surface area (Å²) in [4.78, 5) is 32.3. The molecule has 0 saturated carbocycles. The first-order valence-corrected chi connectivity index (χ1v) is 7.55. The van der Waals surface area contributed by atoms with E-state index in [1.807, 2.05) is 6.92 Å². The van der Waals surface area contributed by atoms with E-state index in [0.29, 0.717) is 35.9 Å². The fourth-order valence-electron chi connectivity index (χ4n) is 2.86. The summed E-state index contributed by atoms with van der Waals surface area (Å²) in [5.74, 6) is 0.136. The molecule has 24 heavy (non-hydrogen) atoms. The van der Waals surface area contributed by atoms with Gasteiger partial charge in [-0.2, -0.15) is 0 Å². The molecule has 2 heterocycles. The summed E-state index contributed by atoms with van der Waals surface area (Å²) in [5.41, 5.74) is 1.36. The van der Waals surface area contributed by atoms with E-state index in [4.69, 9.17) is 0 Å². The van der Waals surface area contributed by atoms with E-state index in [2.05, 4.69) is 9.97 Å². The van der Waals surface area contributed by atoms with E-state index in [0.717, 1.165) is 6.42 Å². The van der Waals surface area contributed by atoms with Crippen LogP contribution in [0.25, 0.3) is 11.4 Å². The Morgan fingerprint density at radius 1 is 1.33 bits per heavy atom. The van der Waals surface area contributed by atoms with Gasteiger partial charge in [0.15, 0.2) is 5.82 Å². The highest BCUT2D eigenvalue weighted by Gasteiger charge is 2.31. The molecule has 1 aromatic carbocycles. The number of carboxylic acid groups (broad SMARTS) is 1. The molecule has 1 fully saturated rings. The molecule has 0 amide bonds. The molecule has 0 radical (unpaired) electrons. The predicted octanol–water partition coefficient (Wildman–Crippen LogP) is 2.41. The number of aliphatic carboxylic acids is 1. The molecule has 2 aromatic rings. The largest absolute Gasteiger partial charge is 0.480 e. The zero-order valence-corrected chi connectivity index (χ0v) is 13.0. The van der Waals surface area contributed by atoms with E-state index in [9.17, 15) is 20.0 Å². The van der Waals surface area contributed by atoms with Gasteiger partial charge in [-0.3, -0.25) is 10.1 Å². The molecule has 0 spiro atoms. The zero-order chi connectivity index (χ0) is 17.3. The van der Waals surface area contributed by atoms with E-state index in [1.165, 1.54) is 12.1 Å². The van der Waals surface area contributed by atoms with Gasteiger partial charge in [-0.05, 0) is 31.9 Å². The maximum atomic E-state index is 11.4. The number of non-ortho nitro benzene ring substituents is 1. The second kappa shape index (κ2) is 6.23. The van der Waals surface area contributed by atoms with Crippen LogP contribution in [0.2, 0.25) is 0 Å². The van der Waals surface area contributed by atoms with Gasteiger partial charge in [-0.25, -0.2) is 14.8 Å². The standard InChI is InChI=1S/C16H16N4O4/c1-10-9-14(19-8-2-3-13(19)16(21)22)18-15(17-10)11-4-6-12(7-5-11)20(23)24/h4-7,9,13H,2-3,8H2,1H3,(H,21,22)/t13-/m0/s1. The lowest BCUT2D eigenvalue weighted by Crippen LogP contribution is -2.36. The third-order valence-electron chi connectivity index (χ3n) is 4.01. The van der Waals surface area contributed by atoms with Crippen molar-refractivity contribution < 1.29 is 14.8 Å². The molecule has 1 aromatic heterocycles. The van der Waals surface area contributed by atoms with Crippen LogP contribution in [0.5, 0.6) is 0 Å². The van der Waals surface area contributed by atoms with Crippen LogP contribution in [0.1, 0.15) is 18.5 Å². The predicted molar refractivity (Wildman–Crippen MR) is 86.9 cm³/mol. The Kier molecular flexibility index (Phi) is 4.11. The smallest absolute Gasteiger partial charge is 0.326 e. The molecule has 1 saturated heterocycles. The molecule has 8 heteroatoms. The Hall–Kier alpha value is -3.03. The molecule has 124 valence electrons. The summed E-state index contributed by atoms with van der Waals surface area (Å²) in [6.07, 6.45) is 1.39. The maximum absolute atomic E-state index is 11.4. The summed E-state index contributed by atoms with van der Waals surface area (Å²) >= 11 is 0.